The molecule has 100 valence electrons. The van der Waals surface area contributed by atoms with E-state index in [1.54, 1.807) is 0 Å². The fourth-order valence-corrected chi connectivity index (χ4v) is 2.67. The average Bonchev–Trinajstić information content (AvgIpc) is 2.61. The Morgan fingerprint density at radius 3 is 2.65 bits per heavy atom. The molecule has 17 heavy (non-hydrogen) atoms. The first-order chi connectivity index (χ1) is 7.99. The predicted molar refractivity (Wildman–Crippen MR) is 69.2 cm³/mol. The van der Waals surface area contributed by atoms with Gasteiger partial charge in [-0.3, -0.25) is 0 Å². The second-order valence-corrected chi connectivity index (χ2v) is 6.75. The van der Waals surface area contributed by atoms with Crippen LogP contribution in [0.4, 0.5) is 0 Å². The number of ether oxygens (including phenoxy) is 2. The van der Waals surface area contributed by atoms with Crippen LogP contribution >= 0.6 is 0 Å². The normalized spacial score (nSPS) is 28.8. The zero-order valence-corrected chi connectivity index (χ0v) is 11.6. The summed E-state index contributed by atoms with van der Waals surface area (Å²) in [5.74, 6) is 0. The third kappa shape index (κ3) is 3.94. The van der Waals surface area contributed by atoms with E-state index in [0.717, 1.165) is 52.0 Å². The van der Waals surface area contributed by atoms with E-state index in [1.165, 1.54) is 0 Å². The molecule has 0 aromatic carbocycles. The summed E-state index contributed by atoms with van der Waals surface area (Å²) in [6, 6.07) is 0. The summed E-state index contributed by atoms with van der Waals surface area (Å²) >= 11 is 0. The predicted octanol–water partition coefficient (Wildman–Crippen LogP) is 2.35. The third-order valence-electron chi connectivity index (χ3n) is 3.90. The minimum absolute atomic E-state index is 0.137. The molecule has 2 aliphatic heterocycles. The smallest absolute Gasteiger partial charge is 0.0836 e. The highest BCUT2D eigenvalue weighted by Crippen LogP contribution is 2.35. The lowest BCUT2D eigenvalue weighted by Crippen LogP contribution is -2.41. The van der Waals surface area contributed by atoms with Crippen molar-refractivity contribution in [2.75, 3.05) is 26.3 Å². The van der Waals surface area contributed by atoms with Gasteiger partial charge in [-0.15, -0.1) is 0 Å². The van der Waals surface area contributed by atoms with E-state index in [4.69, 9.17) is 9.47 Å². The molecule has 0 amide bonds. The van der Waals surface area contributed by atoms with Crippen LogP contribution in [-0.4, -0.2) is 38.0 Å². The topological polar surface area (TPSA) is 30.5 Å². The Kier molecular flexibility index (Phi) is 4.11. The van der Waals surface area contributed by atoms with E-state index in [0.29, 0.717) is 11.5 Å². The van der Waals surface area contributed by atoms with Crippen LogP contribution in [0.15, 0.2) is 0 Å². The Labute approximate surface area is 105 Å². The van der Waals surface area contributed by atoms with Gasteiger partial charge in [0.25, 0.3) is 0 Å². The minimum Gasteiger partial charge on any atom is -0.376 e. The van der Waals surface area contributed by atoms with Crippen LogP contribution in [0.2, 0.25) is 0 Å². The Balaban J connectivity index is 1.70. The van der Waals surface area contributed by atoms with Crippen molar-refractivity contribution < 1.29 is 9.47 Å². The summed E-state index contributed by atoms with van der Waals surface area (Å²) in [6.07, 6.45) is 4.84. The van der Waals surface area contributed by atoms with Crippen molar-refractivity contribution in [3.63, 3.8) is 0 Å². The molecule has 0 aromatic heterocycles. The lowest BCUT2D eigenvalue weighted by atomic mass is 9.89. The minimum atomic E-state index is 0.137. The zero-order chi connectivity index (χ0) is 12.4. The highest BCUT2D eigenvalue weighted by atomic mass is 16.6. The molecule has 2 saturated heterocycles. The van der Waals surface area contributed by atoms with Gasteiger partial charge in [0, 0.05) is 13.0 Å². The Bertz CT molecular complexity index is 241. The second kappa shape index (κ2) is 5.25. The zero-order valence-electron chi connectivity index (χ0n) is 11.6. The number of piperidine rings is 1. The molecule has 1 unspecified atom stereocenters. The Morgan fingerprint density at radius 1 is 1.29 bits per heavy atom. The molecule has 2 rings (SSSR count). The highest BCUT2D eigenvalue weighted by molar-refractivity contribution is 4.93. The van der Waals surface area contributed by atoms with E-state index in [-0.39, 0.29) is 5.60 Å². The quantitative estimate of drug-likeness (QED) is 0.823. The van der Waals surface area contributed by atoms with E-state index < -0.39 is 0 Å². The molecule has 0 aliphatic carbocycles. The number of hydrogen-bond acceptors (Lipinski definition) is 3. The van der Waals surface area contributed by atoms with Gasteiger partial charge in [-0.25, -0.2) is 0 Å². The lowest BCUT2D eigenvalue weighted by molar-refractivity contribution is -0.0240. The van der Waals surface area contributed by atoms with Crippen LogP contribution < -0.4 is 5.32 Å². The van der Waals surface area contributed by atoms with Crippen LogP contribution in [0.3, 0.4) is 0 Å². The number of rotatable bonds is 3. The average molecular weight is 241 g/mol. The van der Waals surface area contributed by atoms with E-state index >= 15 is 0 Å². The monoisotopic (exact) mass is 241 g/mol. The summed E-state index contributed by atoms with van der Waals surface area (Å²) in [5, 5.41) is 3.39. The number of nitrogens with one attached hydrogen (secondary N) is 1. The van der Waals surface area contributed by atoms with Crippen molar-refractivity contribution in [3.8, 4) is 0 Å². The van der Waals surface area contributed by atoms with Crippen molar-refractivity contribution in [1.29, 1.82) is 0 Å². The van der Waals surface area contributed by atoms with Crippen molar-refractivity contribution in [2.45, 2.75) is 58.2 Å². The van der Waals surface area contributed by atoms with Crippen LogP contribution in [0, 0.1) is 5.41 Å². The largest absolute Gasteiger partial charge is 0.376 e. The highest BCUT2D eigenvalue weighted by Gasteiger charge is 2.41. The van der Waals surface area contributed by atoms with Gasteiger partial charge in [0.1, 0.15) is 0 Å². The van der Waals surface area contributed by atoms with Gasteiger partial charge in [0.15, 0.2) is 0 Å². The first kappa shape index (κ1) is 13.3. The molecule has 1 N–H and O–H groups in total. The van der Waals surface area contributed by atoms with Gasteiger partial charge < -0.3 is 14.8 Å². The van der Waals surface area contributed by atoms with Crippen LogP contribution in [0.1, 0.15) is 46.5 Å². The van der Waals surface area contributed by atoms with Gasteiger partial charge in [-0.05, 0) is 37.8 Å². The first-order valence-corrected chi connectivity index (χ1v) is 6.95. The summed E-state index contributed by atoms with van der Waals surface area (Å²) in [6.45, 7) is 10.6. The van der Waals surface area contributed by atoms with Crippen LogP contribution in [-0.2, 0) is 9.47 Å². The molecule has 0 radical (unpaired) electrons. The maximum Gasteiger partial charge on any atom is 0.0836 e. The van der Waals surface area contributed by atoms with Gasteiger partial charge in [-0.2, -0.15) is 0 Å². The molecular weight excluding hydrogens is 214 g/mol. The maximum absolute atomic E-state index is 6.01. The molecule has 1 atom stereocenters. The lowest BCUT2D eigenvalue weighted by Gasteiger charge is -2.32. The van der Waals surface area contributed by atoms with Crippen molar-refractivity contribution in [1.82, 2.24) is 5.32 Å². The summed E-state index contributed by atoms with van der Waals surface area (Å²) in [7, 11) is 0. The molecule has 2 fully saturated rings. The Hall–Kier alpha value is -0.120. The summed E-state index contributed by atoms with van der Waals surface area (Å²) in [4.78, 5) is 0. The molecule has 2 heterocycles. The molecular formula is C14H27NO2. The summed E-state index contributed by atoms with van der Waals surface area (Å²) < 4.78 is 12.0. The standard InChI is InChI=1S/C14H27NO2/c1-13(2,3)6-9-16-12-10-14(17-11-12)4-7-15-8-5-14/h12,15H,4-11H2,1-3H3. The number of hydrogen-bond donors (Lipinski definition) is 1. The Morgan fingerprint density at radius 2 is 2.00 bits per heavy atom. The molecule has 3 heteroatoms. The van der Waals surface area contributed by atoms with Crippen molar-refractivity contribution in [2.24, 2.45) is 5.41 Å². The fourth-order valence-electron chi connectivity index (χ4n) is 2.67. The van der Waals surface area contributed by atoms with Gasteiger partial charge in [0.05, 0.1) is 18.3 Å². The van der Waals surface area contributed by atoms with Gasteiger partial charge >= 0.3 is 0 Å². The molecule has 2 aliphatic rings. The molecule has 0 aromatic rings. The van der Waals surface area contributed by atoms with Gasteiger partial charge in [0.2, 0.25) is 0 Å². The van der Waals surface area contributed by atoms with E-state index in [9.17, 15) is 0 Å². The van der Waals surface area contributed by atoms with E-state index in [1.807, 2.05) is 0 Å². The second-order valence-electron chi connectivity index (χ2n) is 6.75. The summed E-state index contributed by atoms with van der Waals surface area (Å²) in [5.41, 5.74) is 0.504. The van der Waals surface area contributed by atoms with Crippen LogP contribution in [0.25, 0.3) is 0 Å². The third-order valence-corrected chi connectivity index (χ3v) is 3.90. The fraction of sp³-hybridized carbons (Fsp3) is 1.00. The SMILES string of the molecule is CC(C)(C)CCOC1COC2(CCNCC2)C1. The van der Waals surface area contributed by atoms with Gasteiger partial charge in [-0.1, -0.05) is 20.8 Å². The van der Waals surface area contributed by atoms with Crippen LogP contribution in [0.5, 0.6) is 0 Å². The first-order valence-electron chi connectivity index (χ1n) is 6.95. The molecule has 3 nitrogen and oxygen atoms in total. The maximum atomic E-state index is 6.01. The molecule has 1 spiro atoms. The van der Waals surface area contributed by atoms with E-state index in [2.05, 4.69) is 26.1 Å². The molecule has 0 bridgehead atoms. The van der Waals surface area contributed by atoms with Crippen molar-refractivity contribution >= 4 is 0 Å². The molecule has 0 saturated carbocycles. The van der Waals surface area contributed by atoms with Crippen molar-refractivity contribution in [3.05, 3.63) is 0 Å².